The van der Waals surface area contributed by atoms with Gasteiger partial charge in [0.05, 0.1) is 43.3 Å². The fraction of sp³-hybridized carbons (Fsp3) is 0.138. The maximum Gasteiger partial charge on any atom is 0.241 e. The first kappa shape index (κ1) is 23.1. The van der Waals surface area contributed by atoms with Crippen LogP contribution in [0.2, 0.25) is 0 Å². The van der Waals surface area contributed by atoms with Crippen molar-refractivity contribution in [3.05, 3.63) is 91.0 Å². The molecule has 0 unspecified atom stereocenters. The number of para-hydroxylation sites is 1. The van der Waals surface area contributed by atoms with E-state index in [1.807, 2.05) is 97.9 Å². The Labute approximate surface area is 209 Å². The minimum atomic E-state index is 0.382. The van der Waals surface area contributed by atoms with Gasteiger partial charge >= 0.3 is 0 Å². The topological polar surface area (TPSA) is 71.3 Å². The molecule has 0 fully saturated rings. The van der Waals surface area contributed by atoms with Gasteiger partial charge in [0.25, 0.3) is 0 Å². The van der Waals surface area contributed by atoms with E-state index in [9.17, 15) is 0 Å². The summed E-state index contributed by atoms with van der Waals surface area (Å²) < 4.78 is 19.0. The summed E-state index contributed by atoms with van der Waals surface area (Å²) in [5, 5.41) is 13.8. The zero-order chi connectivity index (χ0) is 24.9. The van der Waals surface area contributed by atoms with Crippen LogP contribution in [-0.4, -0.2) is 40.8 Å². The van der Waals surface area contributed by atoms with Crippen LogP contribution in [0.4, 0.5) is 0 Å². The minimum Gasteiger partial charge on any atom is -0.494 e. The molecule has 36 heavy (non-hydrogen) atoms. The first-order chi connectivity index (χ1) is 17.7. The second-order valence-corrected chi connectivity index (χ2v) is 7.96. The summed E-state index contributed by atoms with van der Waals surface area (Å²) in [7, 11) is 3.23. The number of ether oxygens (including phenoxy) is 3. The molecule has 7 heteroatoms. The summed E-state index contributed by atoms with van der Waals surface area (Å²) in [6, 6.07) is 29.6. The van der Waals surface area contributed by atoms with Crippen LogP contribution < -0.4 is 14.2 Å². The second-order valence-electron chi connectivity index (χ2n) is 7.96. The van der Waals surface area contributed by atoms with Crippen molar-refractivity contribution in [2.24, 2.45) is 0 Å². The van der Waals surface area contributed by atoms with E-state index in [-0.39, 0.29) is 0 Å². The molecular formula is C29H26N4O3. The van der Waals surface area contributed by atoms with Gasteiger partial charge in [0.15, 0.2) is 0 Å². The molecule has 0 N–H and O–H groups in total. The van der Waals surface area contributed by atoms with Crippen LogP contribution in [0.15, 0.2) is 91.0 Å². The van der Waals surface area contributed by atoms with Crippen molar-refractivity contribution in [2.75, 3.05) is 20.8 Å². The molecular weight excluding hydrogens is 452 g/mol. The Morgan fingerprint density at radius 1 is 0.750 bits per heavy atom. The van der Waals surface area contributed by atoms with E-state index in [1.54, 1.807) is 18.9 Å². The number of aromatic nitrogens is 4. The maximum absolute atomic E-state index is 5.96. The molecule has 5 rings (SSSR count). The van der Waals surface area contributed by atoms with Crippen LogP contribution >= 0.6 is 0 Å². The van der Waals surface area contributed by atoms with Gasteiger partial charge in [-0.1, -0.05) is 48.5 Å². The molecule has 5 aromatic rings. The SMILES string of the molecule is CCOc1ccc(-c2cc(-c3c(-c4ccccc4)nn(-c4ccccc4)c3OC)c(OC)nn2)cc1. The highest BCUT2D eigenvalue weighted by atomic mass is 16.5. The molecule has 0 spiro atoms. The summed E-state index contributed by atoms with van der Waals surface area (Å²) in [6.07, 6.45) is 0. The van der Waals surface area contributed by atoms with Crippen LogP contribution in [0, 0.1) is 0 Å². The summed E-state index contributed by atoms with van der Waals surface area (Å²) in [6.45, 7) is 2.57. The van der Waals surface area contributed by atoms with Gasteiger partial charge in [0.2, 0.25) is 11.8 Å². The average Bonchev–Trinajstić information content (AvgIpc) is 3.34. The first-order valence-corrected chi connectivity index (χ1v) is 11.7. The van der Waals surface area contributed by atoms with Crippen LogP contribution in [0.5, 0.6) is 17.5 Å². The van der Waals surface area contributed by atoms with Crippen molar-refractivity contribution < 1.29 is 14.2 Å². The van der Waals surface area contributed by atoms with Gasteiger partial charge in [-0.2, -0.15) is 9.78 Å². The predicted molar refractivity (Wildman–Crippen MR) is 140 cm³/mol. The van der Waals surface area contributed by atoms with Gasteiger partial charge in [-0.3, -0.25) is 0 Å². The third-order valence-electron chi connectivity index (χ3n) is 5.77. The summed E-state index contributed by atoms with van der Waals surface area (Å²) in [5.74, 6) is 1.76. The summed E-state index contributed by atoms with van der Waals surface area (Å²) in [4.78, 5) is 0. The third kappa shape index (κ3) is 4.38. The van der Waals surface area contributed by atoms with Crippen molar-refractivity contribution in [3.8, 4) is 56.8 Å². The third-order valence-corrected chi connectivity index (χ3v) is 5.77. The lowest BCUT2D eigenvalue weighted by molar-refractivity contribution is 0.340. The minimum absolute atomic E-state index is 0.382. The number of benzene rings is 3. The molecule has 0 atom stereocenters. The highest BCUT2D eigenvalue weighted by molar-refractivity contribution is 5.88. The molecule has 0 saturated carbocycles. The fourth-order valence-electron chi connectivity index (χ4n) is 4.12. The first-order valence-electron chi connectivity index (χ1n) is 11.7. The monoisotopic (exact) mass is 478 g/mol. The average molecular weight is 479 g/mol. The number of methoxy groups -OCH3 is 2. The van der Waals surface area contributed by atoms with Gasteiger partial charge in [-0.05, 0) is 49.4 Å². The van der Waals surface area contributed by atoms with Gasteiger partial charge < -0.3 is 14.2 Å². The molecule has 180 valence electrons. The number of hydrogen-bond acceptors (Lipinski definition) is 6. The highest BCUT2D eigenvalue weighted by Gasteiger charge is 2.26. The van der Waals surface area contributed by atoms with E-state index in [0.717, 1.165) is 39.4 Å². The normalized spacial score (nSPS) is 10.8. The number of hydrogen-bond donors (Lipinski definition) is 0. The Hall–Kier alpha value is -4.65. The van der Waals surface area contributed by atoms with Crippen molar-refractivity contribution in [2.45, 2.75) is 6.92 Å². The Bertz CT molecular complexity index is 1450. The van der Waals surface area contributed by atoms with Gasteiger partial charge in [-0.15, -0.1) is 10.2 Å². The van der Waals surface area contributed by atoms with Crippen molar-refractivity contribution in [1.82, 2.24) is 20.0 Å². The predicted octanol–water partition coefficient (Wildman–Crippen LogP) is 6.08. The molecule has 0 saturated heterocycles. The lowest BCUT2D eigenvalue weighted by Crippen LogP contribution is -2.01. The smallest absolute Gasteiger partial charge is 0.241 e. The molecule has 0 aliphatic carbocycles. The van der Waals surface area contributed by atoms with E-state index in [0.29, 0.717) is 24.1 Å². The molecule has 0 radical (unpaired) electrons. The van der Waals surface area contributed by atoms with E-state index < -0.39 is 0 Å². The summed E-state index contributed by atoms with van der Waals surface area (Å²) in [5.41, 5.74) is 5.68. The molecule has 2 heterocycles. The second kappa shape index (κ2) is 10.3. The lowest BCUT2D eigenvalue weighted by atomic mass is 10.0. The zero-order valence-corrected chi connectivity index (χ0v) is 20.4. The lowest BCUT2D eigenvalue weighted by Gasteiger charge is -2.12. The highest BCUT2D eigenvalue weighted by Crippen LogP contribution is 2.44. The molecule has 3 aromatic carbocycles. The molecule has 0 bridgehead atoms. The Balaban J connectivity index is 1.74. The molecule has 2 aromatic heterocycles. The van der Waals surface area contributed by atoms with Gasteiger partial charge in [0, 0.05) is 11.1 Å². The molecule has 0 amide bonds. The molecule has 0 aliphatic heterocycles. The van der Waals surface area contributed by atoms with Crippen molar-refractivity contribution >= 4 is 0 Å². The molecule has 7 nitrogen and oxygen atoms in total. The van der Waals surface area contributed by atoms with Crippen molar-refractivity contribution in [3.63, 3.8) is 0 Å². The van der Waals surface area contributed by atoms with Gasteiger partial charge in [-0.25, -0.2) is 0 Å². The van der Waals surface area contributed by atoms with Crippen LogP contribution in [-0.2, 0) is 0 Å². The summed E-state index contributed by atoms with van der Waals surface area (Å²) >= 11 is 0. The number of nitrogens with zero attached hydrogens (tertiary/aromatic N) is 4. The van der Waals surface area contributed by atoms with Crippen LogP contribution in [0.25, 0.3) is 39.3 Å². The Morgan fingerprint density at radius 2 is 1.44 bits per heavy atom. The number of rotatable bonds is 8. The standard InChI is InChI=1S/C29H26N4O3/c1-4-36-23-17-15-20(16-18-23)25-19-24(28(34-2)31-30-25)26-27(21-11-7-5-8-12-21)32-33(29(26)35-3)22-13-9-6-10-14-22/h5-19H,4H2,1-3H3. The Kier molecular flexibility index (Phi) is 6.62. The van der Waals surface area contributed by atoms with Crippen LogP contribution in [0.3, 0.4) is 0 Å². The maximum atomic E-state index is 5.96. The van der Waals surface area contributed by atoms with Crippen LogP contribution in [0.1, 0.15) is 6.92 Å². The van der Waals surface area contributed by atoms with E-state index in [4.69, 9.17) is 19.3 Å². The van der Waals surface area contributed by atoms with Crippen molar-refractivity contribution in [1.29, 1.82) is 0 Å². The van der Waals surface area contributed by atoms with E-state index in [1.165, 1.54) is 0 Å². The largest absolute Gasteiger partial charge is 0.494 e. The zero-order valence-electron chi connectivity index (χ0n) is 20.4. The molecule has 0 aliphatic rings. The fourth-order valence-corrected chi connectivity index (χ4v) is 4.12. The quantitative estimate of drug-likeness (QED) is 0.269. The Morgan fingerprint density at radius 3 is 2.08 bits per heavy atom. The van der Waals surface area contributed by atoms with E-state index >= 15 is 0 Å². The van der Waals surface area contributed by atoms with E-state index in [2.05, 4.69) is 10.2 Å². The van der Waals surface area contributed by atoms with Gasteiger partial charge in [0.1, 0.15) is 11.4 Å².